The Morgan fingerprint density at radius 3 is 2.75 bits per heavy atom. The van der Waals surface area contributed by atoms with E-state index in [2.05, 4.69) is 62.5 Å². The first-order valence-electron chi connectivity index (χ1n) is 7.43. The number of thiophene rings is 1. The Bertz CT molecular complexity index is 597. The maximum Gasteiger partial charge on any atom is 0.0377 e. The first-order chi connectivity index (χ1) is 9.56. The molecular formula is C18H23NS. The second-order valence-corrected chi connectivity index (χ2v) is 7.89. The summed E-state index contributed by atoms with van der Waals surface area (Å²) in [5.74, 6) is 0. The van der Waals surface area contributed by atoms with E-state index in [0.29, 0.717) is 11.5 Å². The monoisotopic (exact) mass is 285 g/mol. The minimum Gasteiger partial charge on any atom is -0.305 e. The van der Waals surface area contributed by atoms with Gasteiger partial charge in [0.15, 0.2) is 0 Å². The molecule has 0 saturated heterocycles. The van der Waals surface area contributed by atoms with Crippen LogP contribution in [0.3, 0.4) is 0 Å². The molecule has 0 radical (unpaired) electrons. The van der Waals surface area contributed by atoms with E-state index in [1.165, 1.54) is 33.7 Å². The molecule has 1 aromatic carbocycles. The molecule has 1 unspecified atom stereocenters. The van der Waals surface area contributed by atoms with Gasteiger partial charge in [-0.1, -0.05) is 38.1 Å². The molecule has 1 N–H and O–H groups in total. The van der Waals surface area contributed by atoms with Crippen LogP contribution in [0.1, 0.15) is 47.2 Å². The van der Waals surface area contributed by atoms with E-state index in [-0.39, 0.29) is 0 Å². The number of fused-ring (bicyclic) bond motifs is 1. The van der Waals surface area contributed by atoms with E-state index >= 15 is 0 Å². The fourth-order valence-electron chi connectivity index (χ4n) is 3.23. The molecule has 0 fully saturated rings. The summed E-state index contributed by atoms with van der Waals surface area (Å²) < 4.78 is 0. The molecule has 1 heterocycles. The van der Waals surface area contributed by atoms with Crippen LogP contribution in [0.4, 0.5) is 0 Å². The van der Waals surface area contributed by atoms with E-state index in [0.717, 1.165) is 6.54 Å². The van der Waals surface area contributed by atoms with Crippen LogP contribution < -0.4 is 5.32 Å². The predicted octanol–water partition coefficient (Wildman–Crippen LogP) is 4.86. The lowest BCUT2D eigenvalue weighted by Gasteiger charge is -2.40. The van der Waals surface area contributed by atoms with Gasteiger partial charge < -0.3 is 5.32 Å². The number of aryl methyl sites for hydroxylation is 2. The van der Waals surface area contributed by atoms with Crippen LogP contribution in [0.2, 0.25) is 0 Å². The molecule has 0 aliphatic heterocycles. The van der Waals surface area contributed by atoms with Crippen molar-refractivity contribution in [3.63, 3.8) is 0 Å². The number of benzene rings is 1. The Kier molecular flexibility index (Phi) is 3.70. The first-order valence-corrected chi connectivity index (χ1v) is 8.24. The number of hydrogen-bond acceptors (Lipinski definition) is 2. The topological polar surface area (TPSA) is 12.0 Å². The fraction of sp³-hybridized carbons (Fsp3) is 0.444. The second kappa shape index (κ2) is 5.34. The number of nitrogens with one attached hydrogen (secondary N) is 1. The normalized spacial score (nSPS) is 20.6. The highest BCUT2D eigenvalue weighted by atomic mass is 32.1. The van der Waals surface area contributed by atoms with Crippen molar-refractivity contribution < 1.29 is 0 Å². The fourth-order valence-corrected chi connectivity index (χ4v) is 4.08. The Balaban J connectivity index is 1.82. The summed E-state index contributed by atoms with van der Waals surface area (Å²) >= 11 is 1.90. The Labute approximate surface area is 126 Å². The molecule has 0 saturated carbocycles. The summed E-state index contributed by atoms with van der Waals surface area (Å²) in [7, 11) is 0. The van der Waals surface area contributed by atoms with Crippen molar-refractivity contribution in [2.75, 3.05) is 0 Å². The van der Waals surface area contributed by atoms with E-state index in [1.807, 2.05) is 11.3 Å². The van der Waals surface area contributed by atoms with Crippen LogP contribution in [0, 0.1) is 12.3 Å². The van der Waals surface area contributed by atoms with Crippen LogP contribution in [0.15, 0.2) is 36.4 Å². The Hall–Kier alpha value is -1.12. The van der Waals surface area contributed by atoms with Crippen LogP contribution in [-0.2, 0) is 13.0 Å². The molecule has 1 atom stereocenters. The van der Waals surface area contributed by atoms with Gasteiger partial charge in [-0.25, -0.2) is 0 Å². The Morgan fingerprint density at radius 2 is 2.00 bits per heavy atom. The third-order valence-corrected chi connectivity index (χ3v) is 5.46. The zero-order valence-corrected chi connectivity index (χ0v) is 13.4. The van der Waals surface area contributed by atoms with Crippen LogP contribution in [0.5, 0.6) is 0 Å². The van der Waals surface area contributed by atoms with Gasteiger partial charge >= 0.3 is 0 Å². The quantitative estimate of drug-likeness (QED) is 0.849. The molecule has 1 aliphatic carbocycles. The summed E-state index contributed by atoms with van der Waals surface area (Å²) in [5.41, 5.74) is 3.34. The average Bonchev–Trinajstić information content (AvgIpc) is 2.83. The minimum atomic E-state index is 0.320. The van der Waals surface area contributed by atoms with Crippen LogP contribution in [-0.4, -0.2) is 0 Å². The molecule has 2 aromatic rings. The van der Waals surface area contributed by atoms with E-state index in [1.54, 1.807) is 0 Å². The van der Waals surface area contributed by atoms with Gasteiger partial charge in [-0.15, -0.1) is 11.3 Å². The van der Waals surface area contributed by atoms with Gasteiger partial charge in [-0.2, -0.15) is 0 Å². The van der Waals surface area contributed by atoms with Crippen molar-refractivity contribution in [1.82, 2.24) is 5.32 Å². The predicted molar refractivity (Wildman–Crippen MR) is 87.2 cm³/mol. The number of rotatable bonds is 3. The lowest BCUT2D eigenvalue weighted by atomic mass is 9.70. The first kappa shape index (κ1) is 13.8. The van der Waals surface area contributed by atoms with Crippen molar-refractivity contribution in [1.29, 1.82) is 0 Å². The SMILES string of the molecule is Cc1ccc(CNC2c3ccccc3CCC2(C)C)s1. The summed E-state index contributed by atoms with van der Waals surface area (Å²) in [5, 5.41) is 3.81. The van der Waals surface area contributed by atoms with Gasteiger partial charge in [0, 0.05) is 22.3 Å². The van der Waals surface area contributed by atoms with Gasteiger partial charge in [0.1, 0.15) is 0 Å². The third kappa shape index (κ3) is 2.68. The van der Waals surface area contributed by atoms with Crippen molar-refractivity contribution in [2.24, 2.45) is 5.41 Å². The highest BCUT2D eigenvalue weighted by Gasteiger charge is 2.35. The van der Waals surface area contributed by atoms with Gasteiger partial charge in [-0.05, 0) is 48.4 Å². The van der Waals surface area contributed by atoms with Crippen molar-refractivity contribution in [3.8, 4) is 0 Å². The second-order valence-electron chi connectivity index (χ2n) is 6.51. The molecule has 106 valence electrons. The molecule has 3 rings (SSSR count). The smallest absolute Gasteiger partial charge is 0.0377 e. The third-order valence-electron chi connectivity index (χ3n) is 4.46. The molecule has 1 aliphatic rings. The van der Waals surface area contributed by atoms with Crippen LogP contribution >= 0.6 is 11.3 Å². The highest BCUT2D eigenvalue weighted by Crippen LogP contribution is 2.43. The van der Waals surface area contributed by atoms with Crippen molar-refractivity contribution in [3.05, 3.63) is 57.3 Å². The van der Waals surface area contributed by atoms with E-state index in [4.69, 9.17) is 0 Å². The molecular weight excluding hydrogens is 262 g/mol. The summed E-state index contributed by atoms with van der Waals surface area (Å²) in [6.07, 6.45) is 2.46. The average molecular weight is 285 g/mol. The summed E-state index contributed by atoms with van der Waals surface area (Å²) in [4.78, 5) is 2.83. The highest BCUT2D eigenvalue weighted by molar-refractivity contribution is 7.11. The van der Waals surface area contributed by atoms with Gasteiger partial charge in [0.2, 0.25) is 0 Å². The summed E-state index contributed by atoms with van der Waals surface area (Å²) in [6.45, 7) is 7.93. The lowest BCUT2D eigenvalue weighted by Crippen LogP contribution is -2.37. The van der Waals surface area contributed by atoms with E-state index in [9.17, 15) is 0 Å². The largest absolute Gasteiger partial charge is 0.305 e. The zero-order valence-electron chi connectivity index (χ0n) is 12.6. The van der Waals surface area contributed by atoms with Crippen molar-refractivity contribution in [2.45, 2.75) is 46.2 Å². The maximum atomic E-state index is 3.81. The van der Waals surface area contributed by atoms with Crippen molar-refractivity contribution >= 4 is 11.3 Å². The molecule has 0 bridgehead atoms. The minimum absolute atomic E-state index is 0.320. The number of hydrogen-bond donors (Lipinski definition) is 1. The van der Waals surface area contributed by atoms with E-state index < -0.39 is 0 Å². The maximum absolute atomic E-state index is 3.81. The standard InChI is InChI=1S/C18H23NS/c1-13-8-9-15(20-13)12-19-17-16-7-5-4-6-14(16)10-11-18(17,2)3/h4-9,17,19H,10-12H2,1-3H3. The van der Waals surface area contributed by atoms with Gasteiger partial charge in [0.05, 0.1) is 0 Å². The molecule has 20 heavy (non-hydrogen) atoms. The molecule has 1 nitrogen and oxygen atoms in total. The van der Waals surface area contributed by atoms with Gasteiger partial charge in [-0.3, -0.25) is 0 Å². The zero-order chi connectivity index (χ0) is 14.2. The molecule has 0 amide bonds. The summed E-state index contributed by atoms with van der Waals surface area (Å²) in [6, 6.07) is 13.8. The lowest BCUT2D eigenvalue weighted by molar-refractivity contribution is 0.208. The molecule has 0 spiro atoms. The van der Waals surface area contributed by atoms with Crippen LogP contribution in [0.25, 0.3) is 0 Å². The Morgan fingerprint density at radius 1 is 1.20 bits per heavy atom. The molecule has 1 aromatic heterocycles. The molecule has 2 heteroatoms. The van der Waals surface area contributed by atoms with Gasteiger partial charge in [0.25, 0.3) is 0 Å².